The second-order valence-electron chi connectivity index (χ2n) is 23.9. The van der Waals surface area contributed by atoms with Crippen molar-refractivity contribution in [3.63, 3.8) is 0 Å². The molecule has 1 aromatic carbocycles. The van der Waals surface area contributed by atoms with Gasteiger partial charge in [-0.15, -0.1) is 0 Å². The van der Waals surface area contributed by atoms with Gasteiger partial charge in [0.2, 0.25) is 5.79 Å². The number of aliphatic hydroxyl groups is 2. The van der Waals surface area contributed by atoms with Crippen LogP contribution in [0.5, 0.6) is 0 Å². The van der Waals surface area contributed by atoms with E-state index in [0.29, 0.717) is 69.8 Å². The highest BCUT2D eigenvalue weighted by molar-refractivity contribution is 6.39. The second-order valence-corrected chi connectivity index (χ2v) is 23.9. The summed E-state index contributed by atoms with van der Waals surface area (Å²) in [6, 6.07) is 8.32. The number of fused-ring (bicyclic) bond motifs is 3. The third-order valence-corrected chi connectivity index (χ3v) is 17.4. The number of ketones is 3. The molecule has 444 valence electrons. The van der Waals surface area contributed by atoms with Crippen LogP contribution in [0.3, 0.4) is 0 Å². The van der Waals surface area contributed by atoms with Gasteiger partial charge in [-0.3, -0.25) is 24.0 Å². The van der Waals surface area contributed by atoms with Crippen molar-refractivity contribution in [2.24, 2.45) is 40.9 Å². The van der Waals surface area contributed by atoms with Crippen molar-refractivity contribution >= 4 is 35.2 Å². The first-order chi connectivity index (χ1) is 38.0. The van der Waals surface area contributed by atoms with Crippen molar-refractivity contribution in [3.05, 3.63) is 83.5 Å². The van der Waals surface area contributed by atoms with E-state index in [1.165, 1.54) is 12.0 Å². The summed E-state index contributed by atoms with van der Waals surface area (Å²) in [4.78, 5) is 86.7. The molecule has 4 fully saturated rings. The van der Waals surface area contributed by atoms with Crippen molar-refractivity contribution in [2.45, 2.75) is 193 Å². The number of cyclic esters (lactones) is 1. The van der Waals surface area contributed by atoms with Crippen molar-refractivity contribution < 1.29 is 76.9 Å². The first kappa shape index (κ1) is 64.4. The van der Waals surface area contributed by atoms with Gasteiger partial charge in [0, 0.05) is 64.0 Å². The molecule has 15 atom stereocenters. The maximum Gasteiger partial charge on any atom is 0.329 e. The molecule has 0 radical (unpaired) electrons. The van der Waals surface area contributed by atoms with Crippen LogP contribution in [0.15, 0.2) is 77.9 Å². The fraction of sp³-hybridized carbons (Fsp3) is 0.683. The number of ether oxygens (including phenoxy) is 8. The molecule has 80 heavy (non-hydrogen) atoms. The molecule has 0 aromatic heterocycles. The monoisotopic (exact) mass is 1120 g/mol. The molecule has 17 nitrogen and oxygen atoms in total. The number of methoxy groups -OCH3 is 3. The Bertz CT molecular complexity index is 2390. The highest BCUT2D eigenvalue weighted by Gasteiger charge is 2.53. The Hall–Kier alpha value is -4.72. The molecule has 3 saturated heterocycles. The van der Waals surface area contributed by atoms with Crippen molar-refractivity contribution in [2.75, 3.05) is 41.1 Å². The van der Waals surface area contributed by atoms with Crippen LogP contribution in [0.1, 0.15) is 144 Å². The van der Waals surface area contributed by atoms with Crippen LogP contribution in [-0.2, 0) is 66.7 Å². The molecule has 1 aliphatic carbocycles. The number of hydrogen-bond donors (Lipinski definition) is 2. The lowest BCUT2D eigenvalue weighted by Crippen LogP contribution is -2.61. The zero-order valence-corrected chi connectivity index (χ0v) is 49.2. The number of piperidine rings is 1. The van der Waals surface area contributed by atoms with Crippen LogP contribution in [-0.4, -0.2) is 146 Å². The number of nitrogens with zero attached hydrogens (tertiary/aromatic N) is 1. The maximum absolute atomic E-state index is 14.7. The highest BCUT2D eigenvalue weighted by Crippen LogP contribution is 2.40. The van der Waals surface area contributed by atoms with Gasteiger partial charge in [0.05, 0.1) is 31.5 Å². The minimum Gasteiger partial charge on any atom is -0.460 e. The van der Waals surface area contributed by atoms with Gasteiger partial charge in [-0.05, 0) is 114 Å². The largest absolute Gasteiger partial charge is 0.460 e. The van der Waals surface area contributed by atoms with E-state index in [1.807, 2.05) is 88.4 Å². The molecule has 17 heteroatoms. The summed E-state index contributed by atoms with van der Waals surface area (Å²) in [5.74, 6) is -8.89. The third kappa shape index (κ3) is 16.3. The summed E-state index contributed by atoms with van der Waals surface area (Å²) in [6.07, 6.45) is 9.77. The summed E-state index contributed by atoms with van der Waals surface area (Å²) in [6.45, 7) is 14.7. The molecule has 1 aromatic rings. The molecule has 0 unspecified atom stereocenters. The Labute approximate surface area is 474 Å². The van der Waals surface area contributed by atoms with Crippen LogP contribution in [0.25, 0.3) is 0 Å². The Morgan fingerprint density at radius 1 is 0.825 bits per heavy atom. The fourth-order valence-corrected chi connectivity index (χ4v) is 12.0. The van der Waals surface area contributed by atoms with Crippen molar-refractivity contribution in [3.8, 4) is 0 Å². The summed E-state index contributed by atoms with van der Waals surface area (Å²) >= 11 is 0. The number of rotatable bonds is 9. The van der Waals surface area contributed by atoms with Gasteiger partial charge >= 0.3 is 11.9 Å². The van der Waals surface area contributed by atoms with Crippen molar-refractivity contribution in [1.29, 1.82) is 0 Å². The van der Waals surface area contributed by atoms with E-state index >= 15 is 0 Å². The van der Waals surface area contributed by atoms with E-state index in [4.69, 9.17) is 37.9 Å². The summed E-state index contributed by atoms with van der Waals surface area (Å²) in [5.41, 5.74) is 1.05. The Morgan fingerprint density at radius 3 is 2.21 bits per heavy atom. The molecule has 5 aliphatic rings. The van der Waals surface area contributed by atoms with E-state index in [2.05, 4.69) is 0 Å². The smallest absolute Gasteiger partial charge is 0.329 e. The topological polar surface area (TPSA) is 220 Å². The van der Waals surface area contributed by atoms with Gasteiger partial charge in [-0.25, -0.2) is 4.79 Å². The Kier molecular flexibility index (Phi) is 23.8. The summed E-state index contributed by atoms with van der Waals surface area (Å²) in [7, 11) is 4.52. The second kappa shape index (κ2) is 29.5. The molecule has 6 rings (SSSR count). The van der Waals surface area contributed by atoms with E-state index in [9.17, 15) is 39.0 Å². The lowest BCUT2D eigenvalue weighted by Gasteiger charge is -2.42. The number of amides is 1. The average Bonchev–Trinajstić information content (AvgIpc) is 3.57. The van der Waals surface area contributed by atoms with Gasteiger partial charge in [-0.1, -0.05) is 101 Å². The normalized spacial score (nSPS) is 38.9. The molecule has 1 saturated carbocycles. The van der Waals surface area contributed by atoms with Crippen LogP contribution in [0.2, 0.25) is 0 Å². The predicted molar refractivity (Wildman–Crippen MR) is 298 cm³/mol. The third-order valence-electron chi connectivity index (χ3n) is 17.4. The quantitative estimate of drug-likeness (QED) is 0.135. The van der Waals surface area contributed by atoms with Gasteiger partial charge in [-0.2, -0.15) is 0 Å². The molecule has 0 spiro atoms. The van der Waals surface area contributed by atoms with Crippen LogP contribution >= 0.6 is 0 Å². The number of aliphatic hydroxyl groups excluding tert-OH is 1. The number of benzene rings is 1. The summed E-state index contributed by atoms with van der Waals surface area (Å²) < 4.78 is 48.2. The first-order valence-corrected chi connectivity index (χ1v) is 29.0. The van der Waals surface area contributed by atoms with Crippen LogP contribution in [0.4, 0.5) is 0 Å². The molecule has 2 N–H and O–H groups in total. The fourth-order valence-electron chi connectivity index (χ4n) is 12.0. The minimum atomic E-state index is -2.46. The average molecular weight is 1120 g/mol. The minimum absolute atomic E-state index is 0.000113. The number of carbonyl (C=O) groups excluding carboxylic acids is 6. The van der Waals surface area contributed by atoms with Crippen LogP contribution in [0, 0.1) is 40.9 Å². The number of esters is 2. The number of Topliss-reactive ketones (excluding diaryl/α,β-unsaturated/α-hetero) is 3. The molecular formula is C63H91NO16. The molecule has 1 amide bonds. The Morgan fingerprint density at radius 2 is 1.54 bits per heavy atom. The zero-order valence-electron chi connectivity index (χ0n) is 49.2. The molecule has 4 aliphatic heterocycles. The highest BCUT2D eigenvalue weighted by atomic mass is 16.7. The SMILES string of the molecule is CO[C@H]1C[C@@H]2CC[C@@H](C)[C@@](O)(O2)C(=O)C(=O)N2CCCC[C@H]2C(=O)O[C@H]([C@H](C)C[C@@H]2CC[C@@H](OC(=O)C3(C)COC(c4ccccc4)OC3)[C@H](OC)C2)CC(=O)[C@H](C)/C=C(\C)[C@@H](O)[C@@H](OC)C(=O)[C@H](C)C[C@H](C)/C=C/C=C/C=C/1C. The lowest BCUT2D eigenvalue weighted by atomic mass is 9.78. The van der Waals surface area contributed by atoms with Gasteiger partial charge in [0.25, 0.3) is 11.7 Å². The number of carbonyl (C=O) groups is 6. The molecular weight excluding hydrogens is 1030 g/mol. The number of allylic oxidation sites excluding steroid dienone is 6. The van der Waals surface area contributed by atoms with E-state index in [1.54, 1.807) is 48.0 Å². The van der Waals surface area contributed by atoms with Gasteiger partial charge in [0.1, 0.15) is 41.7 Å². The van der Waals surface area contributed by atoms with Gasteiger partial charge < -0.3 is 53.0 Å². The predicted octanol–water partition coefficient (Wildman–Crippen LogP) is 8.48. The lowest BCUT2D eigenvalue weighted by molar-refractivity contribution is -0.265. The number of hydrogen-bond acceptors (Lipinski definition) is 16. The van der Waals surface area contributed by atoms with Gasteiger partial charge in [0.15, 0.2) is 12.1 Å². The van der Waals surface area contributed by atoms with E-state index in [0.717, 1.165) is 11.1 Å². The molecule has 4 heterocycles. The molecule has 2 bridgehead atoms. The zero-order chi connectivity index (χ0) is 58.5. The summed E-state index contributed by atoms with van der Waals surface area (Å²) in [5, 5.41) is 23.7. The van der Waals surface area contributed by atoms with Crippen molar-refractivity contribution in [1.82, 2.24) is 4.90 Å². The maximum atomic E-state index is 14.7. The van der Waals surface area contributed by atoms with Crippen LogP contribution < -0.4 is 0 Å². The standard InChI is InChI=1S/C63H91NO16/c1-38-20-14-12-15-21-39(2)51(73-9)34-47-27-25-44(7)63(72,80-47)57(68)58(69)64-29-19-18-24-48(64)59(70)78-52(35-49(65)40(3)31-43(6)55(67)56(75-11)54(66)42(5)30-38)41(4)32-45-26-28-50(53(33-45)74-10)79-61(71)62(8)36-76-60(77-37-62)46-22-16-13-17-23-46/h12-17,20-23,31,38,40-42,44-45,47-48,50-53,55-56,60,67,72H,18-19,24-30,32-37H2,1-11H3/b15-12+,20-14+,39-21+,43-31+/t38-,40-,41-,42-,44-,45+,47+,48+,50-,51+,52+,53-,55-,56+,60?,62?,63-/m1/s1. The Balaban J connectivity index is 1.23. The first-order valence-electron chi connectivity index (χ1n) is 29.0. The van der Waals surface area contributed by atoms with E-state index < -0.39 is 114 Å². The van der Waals surface area contributed by atoms with E-state index in [-0.39, 0.29) is 56.0 Å².